The molecule has 0 aromatic rings. The highest BCUT2D eigenvalue weighted by atomic mass is 16.5. The Morgan fingerprint density at radius 3 is 2.71 bits per heavy atom. The Morgan fingerprint density at radius 1 is 1.14 bits per heavy atom. The van der Waals surface area contributed by atoms with Crippen LogP contribution < -0.4 is 5.32 Å². The predicted molar refractivity (Wildman–Crippen MR) is 87.7 cm³/mol. The largest absolute Gasteiger partial charge is 0.375 e. The lowest BCUT2D eigenvalue weighted by molar-refractivity contribution is -0.110. The first-order valence-electron chi connectivity index (χ1n) is 9.32. The van der Waals surface area contributed by atoms with Gasteiger partial charge in [-0.05, 0) is 45.1 Å². The minimum Gasteiger partial charge on any atom is -0.375 e. The van der Waals surface area contributed by atoms with Crippen LogP contribution in [0.15, 0.2) is 0 Å². The molecule has 0 bridgehead atoms. The van der Waals surface area contributed by atoms with E-state index >= 15 is 0 Å². The molecule has 21 heavy (non-hydrogen) atoms. The van der Waals surface area contributed by atoms with Crippen molar-refractivity contribution in [2.75, 3.05) is 19.7 Å². The molecule has 2 unspecified atom stereocenters. The maximum Gasteiger partial charge on any atom is 0.0697 e. The zero-order valence-corrected chi connectivity index (χ0v) is 14.1. The van der Waals surface area contributed by atoms with Crippen molar-refractivity contribution in [1.29, 1.82) is 0 Å². The van der Waals surface area contributed by atoms with Crippen molar-refractivity contribution < 1.29 is 4.74 Å². The first-order chi connectivity index (χ1) is 10.2. The molecule has 3 aliphatic rings. The van der Waals surface area contributed by atoms with Crippen molar-refractivity contribution in [1.82, 2.24) is 10.2 Å². The van der Waals surface area contributed by atoms with E-state index in [1.165, 1.54) is 70.9 Å². The highest BCUT2D eigenvalue weighted by molar-refractivity contribution is 4.96. The molecule has 1 aliphatic carbocycles. The molecule has 122 valence electrons. The third kappa shape index (κ3) is 3.80. The summed E-state index contributed by atoms with van der Waals surface area (Å²) < 4.78 is 6.24. The smallest absolute Gasteiger partial charge is 0.0697 e. The van der Waals surface area contributed by atoms with E-state index in [9.17, 15) is 0 Å². The molecule has 3 nitrogen and oxygen atoms in total. The van der Waals surface area contributed by atoms with Crippen LogP contribution in [0.4, 0.5) is 0 Å². The third-order valence-corrected chi connectivity index (χ3v) is 5.89. The average Bonchev–Trinajstić information content (AvgIpc) is 2.93. The van der Waals surface area contributed by atoms with Gasteiger partial charge in [-0.2, -0.15) is 0 Å². The van der Waals surface area contributed by atoms with Gasteiger partial charge in [0, 0.05) is 31.3 Å². The molecule has 1 saturated carbocycles. The van der Waals surface area contributed by atoms with Crippen LogP contribution in [0.5, 0.6) is 0 Å². The summed E-state index contributed by atoms with van der Waals surface area (Å²) in [6.45, 7) is 7.99. The second-order valence-corrected chi connectivity index (χ2v) is 7.84. The second-order valence-electron chi connectivity index (χ2n) is 7.84. The van der Waals surface area contributed by atoms with Crippen molar-refractivity contribution in [3.8, 4) is 0 Å². The van der Waals surface area contributed by atoms with Crippen LogP contribution in [-0.2, 0) is 4.74 Å². The number of ether oxygens (including phenoxy) is 1. The Hall–Kier alpha value is -0.120. The molecule has 0 amide bonds. The monoisotopic (exact) mass is 294 g/mol. The summed E-state index contributed by atoms with van der Waals surface area (Å²) in [5, 5.41) is 3.67. The Morgan fingerprint density at radius 2 is 1.95 bits per heavy atom. The van der Waals surface area contributed by atoms with Gasteiger partial charge in [0.15, 0.2) is 0 Å². The average molecular weight is 294 g/mol. The van der Waals surface area contributed by atoms with E-state index in [2.05, 4.69) is 24.1 Å². The minimum absolute atomic E-state index is 0.260. The Labute approximate surface area is 130 Å². The SMILES string of the molecule is CC(C)NCC1CCCCN1C1CCOC2(CCCC2)C1. The molecule has 3 rings (SSSR count). The Balaban J connectivity index is 1.62. The number of hydrogen-bond acceptors (Lipinski definition) is 3. The summed E-state index contributed by atoms with van der Waals surface area (Å²) in [6, 6.07) is 2.13. The lowest BCUT2D eigenvalue weighted by Gasteiger charge is -2.47. The summed E-state index contributed by atoms with van der Waals surface area (Å²) in [4.78, 5) is 2.85. The zero-order valence-electron chi connectivity index (χ0n) is 14.1. The molecule has 3 fully saturated rings. The minimum atomic E-state index is 0.260. The topological polar surface area (TPSA) is 24.5 Å². The van der Waals surface area contributed by atoms with Crippen LogP contribution in [0.2, 0.25) is 0 Å². The maximum absolute atomic E-state index is 6.24. The first kappa shape index (κ1) is 15.8. The standard InChI is InChI=1S/C18H34N2O/c1-15(2)19-14-17-7-3-6-11-20(17)16-8-12-21-18(13-16)9-4-5-10-18/h15-17,19H,3-14H2,1-2H3. The van der Waals surface area contributed by atoms with Gasteiger partial charge in [-0.15, -0.1) is 0 Å². The third-order valence-electron chi connectivity index (χ3n) is 5.89. The molecule has 2 heterocycles. The van der Waals surface area contributed by atoms with Gasteiger partial charge in [0.2, 0.25) is 0 Å². The summed E-state index contributed by atoms with van der Waals surface area (Å²) in [7, 11) is 0. The highest BCUT2D eigenvalue weighted by Gasteiger charge is 2.42. The fourth-order valence-corrected chi connectivity index (χ4v) is 4.75. The van der Waals surface area contributed by atoms with E-state index in [0.29, 0.717) is 6.04 Å². The molecule has 0 aromatic carbocycles. The van der Waals surface area contributed by atoms with Gasteiger partial charge >= 0.3 is 0 Å². The number of piperidine rings is 1. The van der Waals surface area contributed by atoms with Crippen molar-refractivity contribution in [2.24, 2.45) is 0 Å². The summed E-state index contributed by atoms with van der Waals surface area (Å²) >= 11 is 0. The number of rotatable bonds is 4. The molecule has 2 aliphatic heterocycles. The Kier molecular flexibility index (Phi) is 5.23. The summed E-state index contributed by atoms with van der Waals surface area (Å²) in [5.74, 6) is 0. The van der Waals surface area contributed by atoms with Crippen LogP contribution in [-0.4, -0.2) is 48.3 Å². The van der Waals surface area contributed by atoms with Crippen molar-refractivity contribution in [3.63, 3.8) is 0 Å². The van der Waals surface area contributed by atoms with E-state index in [0.717, 1.165) is 18.7 Å². The van der Waals surface area contributed by atoms with Gasteiger partial charge < -0.3 is 10.1 Å². The molecule has 0 radical (unpaired) electrons. The number of nitrogens with one attached hydrogen (secondary N) is 1. The second kappa shape index (κ2) is 6.97. The quantitative estimate of drug-likeness (QED) is 0.861. The van der Waals surface area contributed by atoms with E-state index in [1.54, 1.807) is 0 Å². The number of hydrogen-bond donors (Lipinski definition) is 1. The van der Waals surface area contributed by atoms with Gasteiger partial charge in [0.25, 0.3) is 0 Å². The van der Waals surface area contributed by atoms with Crippen LogP contribution in [0.3, 0.4) is 0 Å². The molecule has 2 saturated heterocycles. The van der Waals surface area contributed by atoms with Crippen LogP contribution >= 0.6 is 0 Å². The van der Waals surface area contributed by atoms with Crippen LogP contribution in [0.25, 0.3) is 0 Å². The number of nitrogens with zero attached hydrogens (tertiary/aromatic N) is 1. The normalized spacial score (nSPS) is 33.9. The molecule has 1 N–H and O–H groups in total. The number of likely N-dealkylation sites (tertiary alicyclic amines) is 1. The summed E-state index contributed by atoms with van der Waals surface area (Å²) in [6.07, 6.45) is 12.1. The first-order valence-corrected chi connectivity index (χ1v) is 9.32. The van der Waals surface area contributed by atoms with E-state index in [1.807, 2.05) is 0 Å². The molecular weight excluding hydrogens is 260 g/mol. The van der Waals surface area contributed by atoms with Gasteiger partial charge in [-0.3, -0.25) is 4.90 Å². The van der Waals surface area contributed by atoms with Gasteiger partial charge in [-0.25, -0.2) is 0 Å². The van der Waals surface area contributed by atoms with Crippen LogP contribution in [0, 0.1) is 0 Å². The highest BCUT2D eigenvalue weighted by Crippen LogP contribution is 2.42. The van der Waals surface area contributed by atoms with Crippen molar-refractivity contribution in [3.05, 3.63) is 0 Å². The van der Waals surface area contributed by atoms with E-state index in [4.69, 9.17) is 4.74 Å². The van der Waals surface area contributed by atoms with Crippen molar-refractivity contribution in [2.45, 2.75) is 95.4 Å². The van der Waals surface area contributed by atoms with Gasteiger partial charge in [0.1, 0.15) is 0 Å². The fraction of sp³-hybridized carbons (Fsp3) is 1.00. The van der Waals surface area contributed by atoms with E-state index in [-0.39, 0.29) is 5.60 Å². The maximum atomic E-state index is 6.24. The summed E-state index contributed by atoms with van der Waals surface area (Å²) in [5.41, 5.74) is 0.260. The van der Waals surface area contributed by atoms with E-state index < -0.39 is 0 Å². The van der Waals surface area contributed by atoms with Crippen LogP contribution in [0.1, 0.15) is 71.6 Å². The fourth-order valence-electron chi connectivity index (χ4n) is 4.75. The zero-order chi connectivity index (χ0) is 14.7. The van der Waals surface area contributed by atoms with Gasteiger partial charge in [-0.1, -0.05) is 33.1 Å². The lowest BCUT2D eigenvalue weighted by atomic mass is 9.86. The molecule has 0 aromatic heterocycles. The van der Waals surface area contributed by atoms with Crippen molar-refractivity contribution >= 4 is 0 Å². The molecule has 3 heteroatoms. The molecular formula is C18H34N2O. The van der Waals surface area contributed by atoms with Gasteiger partial charge in [0.05, 0.1) is 5.60 Å². The lowest BCUT2D eigenvalue weighted by Crippen LogP contribution is -2.55. The predicted octanol–water partition coefficient (Wildman–Crippen LogP) is 3.33. The molecule has 1 spiro atoms. The molecule has 2 atom stereocenters. The Bertz CT molecular complexity index is 325.